The Morgan fingerprint density at radius 1 is 0.931 bits per heavy atom. The van der Waals surface area contributed by atoms with Gasteiger partial charge in [-0.15, -0.1) is 0 Å². The molecule has 6 nitrogen and oxygen atoms in total. The fraction of sp³-hybridized carbons (Fsp3) is 0.391. The van der Waals surface area contributed by atoms with Crippen LogP contribution in [-0.2, 0) is 22.4 Å². The summed E-state index contributed by atoms with van der Waals surface area (Å²) in [6.07, 6.45) is 2.74. The molecule has 29 heavy (non-hydrogen) atoms. The number of nitrogens with one attached hydrogen (secondary N) is 2. The zero-order chi connectivity index (χ0) is 20.9. The molecule has 0 radical (unpaired) electrons. The molecule has 2 N–H and O–H groups in total. The summed E-state index contributed by atoms with van der Waals surface area (Å²) >= 11 is 0. The van der Waals surface area contributed by atoms with E-state index in [2.05, 4.69) is 17.6 Å². The maximum absolute atomic E-state index is 12.7. The van der Waals surface area contributed by atoms with Gasteiger partial charge in [-0.25, -0.2) is 0 Å². The third-order valence-corrected chi connectivity index (χ3v) is 5.39. The number of benzene rings is 2. The average Bonchev–Trinajstić information content (AvgIpc) is 3.56. The Bertz CT molecular complexity index is 873. The number of methoxy groups -OCH3 is 2. The van der Waals surface area contributed by atoms with Crippen molar-refractivity contribution in [2.75, 3.05) is 26.1 Å². The summed E-state index contributed by atoms with van der Waals surface area (Å²) in [7, 11) is 3.19. The van der Waals surface area contributed by atoms with Crippen molar-refractivity contribution in [3.8, 4) is 11.5 Å². The number of carbonyl (C=O) groups excluding carboxylic acids is 2. The first-order valence-electron chi connectivity index (χ1n) is 9.92. The number of amides is 2. The molecule has 154 valence electrons. The maximum atomic E-state index is 12.7. The summed E-state index contributed by atoms with van der Waals surface area (Å²) in [4.78, 5) is 25.3. The van der Waals surface area contributed by atoms with Crippen LogP contribution in [0.25, 0.3) is 0 Å². The minimum Gasteiger partial charge on any atom is -0.493 e. The van der Waals surface area contributed by atoms with Gasteiger partial charge in [-0.3, -0.25) is 9.59 Å². The number of rotatable bonds is 9. The van der Waals surface area contributed by atoms with E-state index in [4.69, 9.17) is 9.47 Å². The van der Waals surface area contributed by atoms with Crippen LogP contribution in [0.1, 0.15) is 30.9 Å². The number of anilines is 1. The molecular weight excluding hydrogens is 368 g/mol. The van der Waals surface area contributed by atoms with E-state index < -0.39 is 5.41 Å². The van der Waals surface area contributed by atoms with Crippen molar-refractivity contribution in [3.63, 3.8) is 0 Å². The van der Waals surface area contributed by atoms with Crippen molar-refractivity contribution < 1.29 is 19.1 Å². The molecule has 2 amide bonds. The standard InChI is InChI=1S/C23H28N2O4/c1-4-16-5-8-18(9-6-16)25-22(27)23(12-13-23)21(26)24-14-11-17-7-10-19(28-2)20(15-17)29-3/h5-10,15H,4,11-14H2,1-3H3,(H,24,26)(H,25,27). The molecular formula is C23H28N2O4. The van der Waals surface area contributed by atoms with Crippen molar-refractivity contribution in [2.24, 2.45) is 5.41 Å². The smallest absolute Gasteiger partial charge is 0.240 e. The number of ether oxygens (including phenoxy) is 2. The van der Waals surface area contributed by atoms with Crippen LogP contribution < -0.4 is 20.1 Å². The van der Waals surface area contributed by atoms with Crippen LogP contribution in [0.5, 0.6) is 11.5 Å². The van der Waals surface area contributed by atoms with Gasteiger partial charge in [-0.05, 0) is 61.1 Å². The highest BCUT2D eigenvalue weighted by molar-refractivity contribution is 6.13. The van der Waals surface area contributed by atoms with Crippen LogP contribution in [0.2, 0.25) is 0 Å². The first kappa shape index (κ1) is 20.7. The lowest BCUT2D eigenvalue weighted by Crippen LogP contribution is -2.40. The predicted molar refractivity (Wildman–Crippen MR) is 112 cm³/mol. The van der Waals surface area contributed by atoms with Crippen LogP contribution in [0.3, 0.4) is 0 Å². The Labute approximate surface area is 171 Å². The molecule has 1 saturated carbocycles. The van der Waals surface area contributed by atoms with E-state index in [1.165, 1.54) is 5.56 Å². The van der Waals surface area contributed by atoms with Gasteiger partial charge in [0, 0.05) is 12.2 Å². The Morgan fingerprint density at radius 2 is 1.59 bits per heavy atom. The Morgan fingerprint density at radius 3 is 2.17 bits per heavy atom. The summed E-state index contributed by atoms with van der Waals surface area (Å²) in [5.41, 5.74) is 2.00. The minimum absolute atomic E-state index is 0.208. The zero-order valence-electron chi connectivity index (χ0n) is 17.2. The van der Waals surface area contributed by atoms with Crippen molar-refractivity contribution >= 4 is 17.5 Å². The van der Waals surface area contributed by atoms with E-state index in [-0.39, 0.29) is 11.8 Å². The second-order valence-electron chi connectivity index (χ2n) is 7.28. The number of carbonyl (C=O) groups is 2. The van der Waals surface area contributed by atoms with Gasteiger partial charge in [-0.2, -0.15) is 0 Å². The van der Waals surface area contributed by atoms with Gasteiger partial charge < -0.3 is 20.1 Å². The van der Waals surface area contributed by atoms with Gasteiger partial charge in [0.25, 0.3) is 0 Å². The fourth-order valence-corrected chi connectivity index (χ4v) is 3.28. The molecule has 0 unspecified atom stereocenters. The van der Waals surface area contributed by atoms with E-state index in [1.807, 2.05) is 42.5 Å². The van der Waals surface area contributed by atoms with Crippen molar-refractivity contribution in [1.82, 2.24) is 5.32 Å². The van der Waals surface area contributed by atoms with E-state index >= 15 is 0 Å². The average molecular weight is 396 g/mol. The summed E-state index contributed by atoms with van der Waals surface area (Å²) in [6.45, 7) is 2.54. The van der Waals surface area contributed by atoms with Crippen LogP contribution in [0.15, 0.2) is 42.5 Å². The van der Waals surface area contributed by atoms with Gasteiger partial charge in [0.05, 0.1) is 14.2 Å². The lowest BCUT2D eigenvalue weighted by atomic mass is 10.0. The summed E-state index contributed by atoms with van der Waals surface area (Å²) in [5, 5.41) is 5.80. The molecule has 0 atom stereocenters. The summed E-state index contributed by atoms with van der Waals surface area (Å²) < 4.78 is 10.5. The van der Waals surface area contributed by atoms with Crippen LogP contribution >= 0.6 is 0 Å². The molecule has 2 aromatic rings. The highest BCUT2D eigenvalue weighted by Crippen LogP contribution is 2.46. The van der Waals surface area contributed by atoms with Crippen molar-refractivity contribution in [3.05, 3.63) is 53.6 Å². The van der Waals surface area contributed by atoms with E-state index in [0.29, 0.717) is 37.3 Å². The Balaban J connectivity index is 1.53. The predicted octanol–water partition coefficient (Wildman–Crippen LogP) is 3.34. The molecule has 3 rings (SSSR count). The van der Waals surface area contributed by atoms with Crippen LogP contribution in [-0.4, -0.2) is 32.6 Å². The second kappa shape index (κ2) is 8.99. The first-order chi connectivity index (χ1) is 14.0. The number of hydrogen-bond acceptors (Lipinski definition) is 4. The molecule has 0 bridgehead atoms. The lowest BCUT2D eigenvalue weighted by Gasteiger charge is -2.16. The van der Waals surface area contributed by atoms with Gasteiger partial charge in [0.2, 0.25) is 11.8 Å². The van der Waals surface area contributed by atoms with Crippen LogP contribution in [0.4, 0.5) is 5.69 Å². The number of hydrogen-bond donors (Lipinski definition) is 2. The molecule has 6 heteroatoms. The van der Waals surface area contributed by atoms with Crippen LogP contribution in [0, 0.1) is 5.41 Å². The summed E-state index contributed by atoms with van der Waals surface area (Å²) in [6, 6.07) is 13.4. The van der Waals surface area contributed by atoms with Gasteiger partial charge >= 0.3 is 0 Å². The van der Waals surface area contributed by atoms with E-state index in [1.54, 1.807) is 14.2 Å². The highest BCUT2D eigenvalue weighted by Gasteiger charge is 2.56. The molecule has 2 aromatic carbocycles. The Hall–Kier alpha value is -3.02. The van der Waals surface area contributed by atoms with E-state index in [0.717, 1.165) is 17.7 Å². The van der Waals surface area contributed by atoms with Crippen molar-refractivity contribution in [2.45, 2.75) is 32.6 Å². The lowest BCUT2D eigenvalue weighted by molar-refractivity contribution is -0.134. The van der Waals surface area contributed by atoms with Gasteiger partial charge in [-0.1, -0.05) is 25.1 Å². The minimum atomic E-state index is -0.943. The highest BCUT2D eigenvalue weighted by atomic mass is 16.5. The van der Waals surface area contributed by atoms with E-state index in [9.17, 15) is 9.59 Å². The normalized spacial score (nSPS) is 14.0. The van der Waals surface area contributed by atoms with Gasteiger partial charge in [0.1, 0.15) is 5.41 Å². The third-order valence-electron chi connectivity index (χ3n) is 5.39. The molecule has 1 aliphatic rings. The van der Waals surface area contributed by atoms with Crippen molar-refractivity contribution in [1.29, 1.82) is 0 Å². The topological polar surface area (TPSA) is 76.7 Å². The first-order valence-corrected chi connectivity index (χ1v) is 9.92. The summed E-state index contributed by atoms with van der Waals surface area (Å²) in [5.74, 6) is 0.885. The molecule has 0 aromatic heterocycles. The zero-order valence-corrected chi connectivity index (χ0v) is 17.2. The molecule has 0 spiro atoms. The molecule has 0 heterocycles. The fourth-order valence-electron chi connectivity index (χ4n) is 3.28. The quantitative estimate of drug-likeness (QED) is 0.638. The second-order valence-corrected chi connectivity index (χ2v) is 7.28. The SMILES string of the molecule is CCc1ccc(NC(=O)C2(C(=O)NCCc3ccc(OC)c(OC)c3)CC2)cc1. The molecule has 0 aliphatic heterocycles. The largest absolute Gasteiger partial charge is 0.493 e. The Kier molecular flexibility index (Phi) is 6.42. The van der Waals surface area contributed by atoms with Gasteiger partial charge in [0.15, 0.2) is 11.5 Å². The third kappa shape index (κ3) is 4.70. The molecule has 0 saturated heterocycles. The number of aryl methyl sites for hydroxylation is 1. The maximum Gasteiger partial charge on any atom is 0.240 e. The molecule has 1 fully saturated rings. The molecule has 1 aliphatic carbocycles. The monoisotopic (exact) mass is 396 g/mol.